The quantitative estimate of drug-likeness (QED) is 0.176. The van der Waals surface area contributed by atoms with Gasteiger partial charge in [0.15, 0.2) is 0 Å². The predicted molar refractivity (Wildman–Crippen MR) is 93.6 cm³/mol. The van der Waals surface area contributed by atoms with Gasteiger partial charge < -0.3 is 9.84 Å². The standard InChI is InChI=1S/C19H34O5/c1-17(19(22)23)14-12-10-8-6-4-2-3-5-7-9-11-13-15-18(21)24-16-20/h16-17H,2-15H2,1H3,(H,22,23). The van der Waals surface area contributed by atoms with Crippen molar-refractivity contribution in [1.82, 2.24) is 0 Å². The van der Waals surface area contributed by atoms with Gasteiger partial charge in [-0.25, -0.2) is 0 Å². The van der Waals surface area contributed by atoms with Crippen molar-refractivity contribution in [3.05, 3.63) is 0 Å². The van der Waals surface area contributed by atoms with Crippen LogP contribution in [0.5, 0.6) is 0 Å². The van der Waals surface area contributed by atoms with Crippen LogP contribution in [0.15, 0.2) is 0 Å². The third kappa shape index (κ3) is 15.5. The van der Waals surface area contributed by atoms with E-state index in [-0.39, 0.29) is 12.4 Å². The Labute approximate surface area is 146 Å². The highest BCUT2D eigenvalue weighted by molar-refractivity contribution is 5.76. The van der Waals surface area contributed by atoms with E-state index in [0.29, 0.717) is 6.42 Å². The van der Waals surface area contributed by atoms with E-state index in [2.05, 4.69) is 4.74 Å². The van der Waals surface area contributed by atoms with Crippen LogP contribution >= 0.6 is 0 Å². The number of carbonyl (C=O) groups is 3. The molecule has 0 aromatic carbocycles. The lowest BCUT2D eigenvalue weighted by atomic mass is 10.0. The number of carboxylic acid groups (broad SMARTS) is 1. The molecule has 0 fully saturated rings. The van der Waals surface area contributed by atoms with Gasteiger partial charge in [0, 0.05) is 6.42 Å². The highest BCUT2D eigenvalue weighted by Crippen LogP contribution is 2.14. The third-order valence-corrected chi connectivity index (χ3v) is 4.37. The first-order chi connectivity index (χ1) is 11.6. The van der Waals surface area contributed by atoms with Crippen molar-refractivity contribution in [1.29, 1.82) is 0 Å². The van der Waals surface area contributed by atoms with Crippen molar-refractivity contribution < 1.29 is 24.2 Å². The van der Waals surface area contributed by atoms with E-state index < -0.39 is 11.9 Å². The summed E-state index contributed by atoms with van der Waals surface area (Å²) in [6.07, 6.45) is 15.0. The summed E-state index contributed by atoms with van der Waals surface area (Å²) in [6.45, 7) is 1.97. The average molecular weight is 342 g/mol. The minimum absolute atomic E-state index is 0.193. The van der Waals surface area contributed by atoms with Gasteiger partial charge in [0.2, 0.25) is 0 Å². The first-order valence-corrected chi connectivity index (χ1v) is 9.44. The molecule has 1 unspecified atom stereocenters. The molecule has 0 heterocycles. The normalized spacial score (nSPS) is 11.9. The number of unbranched alkanes of at least 4 members (excludes halogenated alkanes) is 11. The molecule has 0 aromatic rings. The highest BCUT2D eigenvalue weighted by atomic mass is 16.6. The number of ether oxygens (including phenoxy) is 1. The number of carboxylic acids is 1. The van der Waals surface area contributed by atoms with Crippen molar-refractivity contribution >= 4 is 18.4 Å². The Balaban J connectivity index is 3.14. The zero-order valence-corrected chi connectivity index (χ0v) is 15.1. The molecule has 1 atom stereocenters. The van der Waals surface area contributed by atoms with Gasteiger partial charge in [-0.2, -0.15) is 0 Å². The second-order valence-corrected chi connectivity index (χ2v) is 6.61. The SMILES string of the molecule is CC(CCCCCCCCCCCCCCC(=O)OC=O)C(=O)O. The van der Waals surface area contributed by atoms with Crippen LogP contribution in [0.25, 0.3) is 0 Å². The Kier molecular flexibility index (Phi) is 15.5. The molecule has 140 valence electrons. The predicted octanol–water partition coefficient (Wildman–Crippen LogP) is 4.87. The number of rotatable bonds is 17. The maximum Gasteiger partial charge on any atom is 0.313 e. The van der Waals surface area contributed by atoms with Crippen LogP contribution in [0, 0.1) is 5.92 Å². The molecule has 0 aliphatic carbocycles. The second-order valence-electron chi connectivity index (χ2n) is 6.61. The Hall–Kier alpha value is -1.39. The maximum absolute atomic E-state index is 10.9. The van der Waals surface area contributed by atoms with Crippen LogP contribution in [0.4, 0.5) is 0 Å². The second kappa shape index (κ2) is 16.5. The Bertz CT molecular complexity index is 341. The van der Waals surface area contributed by atoms with E-state index in [0.717, 1.165) is 38.5 Å². The number of aliphatic carboxylic acids is 1. The Morgan fingerprint density at radius 3 is 1.67 bits per heavy atom. The van der Waals surface area contributed by atoms with Gasteiger partial charge in [-0.15, -0.1) is 0 Å². The van der Waals surface area contributed by atoms with Crippen LogP contribution in [0.1, 0.15) is 96.8 Å². The fraction of sp³-hybridized carbons (Fsp3) is 0.842. The summed E-state index contributed by atoms with van der Waals surface area (Å²) in [5.41, 5.74) is 0. The van der Waals surface area contributed by atoms with Gasteiger partial charge >= 0.3 is 18.4 Å². The monoisotopic (exact) mass is 342 g/mol. The molecule has 5 nitrogen and oxygen atoms in total. The van der Waals surface area contributed by atoms with Gasteiger partial charge in [-0.05, 0) is 12.8 Å². The van der Waals surface area contributed by atoms with Crippen molar-refractivity contribution in [3.63, 3.8) is 0 Å². The molecular weight excluding hydrogens is 308 g/mol. The molecule has 5 heteroatoms. The fourth-order valence-electron chi connectivity index (χ4n) is 2.72. The lowest BCUT2D eigenvalue weighted by Gasteiger charge is -2.05. The molecular formula is C19H34O5. The van der Waals surface area contributed by atoms with Crippen molar-refractivity contribution in [2.24, 2.45) is 5.92 Å². The van der Waals surface area contributed by atoms with Crippen molar-refractivity contribution in [3.8, 4) is 0 Å². The summed E-state index contributed by atoms with van der Waals surface area (Å²) in [6, 6.07) is 0. The van der Waals surface area contributed by atoms with E-state index in [1.807, 2.05) is 0 Å². The minimum atomic E-state index is -0.684. The molecule has 0 aromatic heterocycles. The third-order valence-electron chi connectivity index (χ3n) is 4.37. The molecule has 0 spiro atoms. The van der Waals surface area contributed by atoms with E-state index in [4.69, 9.17) is 5.11 Å². The van der Waals surface area contributed by atoms with Crippen molar-refractivity contribution in [2.45, 2.75) is 96.8 Å². The smallest absolute Gasteiger partial charge is 0.313 e. The zero-order chi connectivity index (χ0) is 18.0. The van der Waals surface area contributed by atoms with Crippen LogP contribution in [-0.4, -0.2) is 23.5 Å². The summed E-state index contributed by atoms with van der Waals surface area (Å²) in [7, 11) is 0. The highest BCUT2D eigenvalue weighted by Gasteiger charge is 2.09. The Morgan fingerprint density at radius 1 is 0.833 bits per heavy atom. The average Bonchev–Trinajstić information content (AvgIpc) is 2.55. The van der Waals surface area contributed by atoms with E-state index >= 15 is 0 Å². The number of carbonyl (C=O) groups excluding carboxylic acids is 2. The summed E-state index contributed by atoms with van der Waals surface area (Å²) >= 11 is 0. The summed E-state index contributed by atoms with van der Waals surface area (Å²) in [5.74, 6) is -1.32. The Morgan fingerprint density at radius 2 is 1.25 bits per heavy atom. The molecule has 1 N–H and O–H groups in total. The topological polar surface area (TPSA) is 80.7 Å². The van der Waals surface area contributed by atoms with Gasteiger partial charge in [0.1, 0.15) is 0 Å². The summed E-state index contributed by atoms with van der Waals surface area (Å²) in [4.78, 5) is 31.5. The van der Waals surface area contributed by atoms with Crippen LogP contribution in [-0.2, 0) is 19.1 Å². The van der Waals surface area contributed by atoms with Crippen LogP contribution in [0.2, 0.25) is 0 Å². The maximum atomic E-state index is 10.9. The number of esters is 1. The van der Waals surface area contributed by atoms with Gasteiger partial charge in [-0.1, -0.05) is 77.6 Å². The van der Waals surface area contributed by atoms with Gasteiger partial charge in [-0.3, -0.25) is 14.4 Å². The van der Waals surface area contributed by atoms with Gasteiger partial charge in [0.05, 0.1) is 5.92 Å². The molecule has 0 aliphatic heterocycles. The fourth-order valence-corrected chi connectivity index (χ4v) is 2.72. The largest absolute Gasteiger partial charge is 0.481 e. The van der Waals surface area contributed by atoms with E-state index in [1.165, 1.54) is 44.9 Å². The molecule has 0 saturated carbocycles. The molecule has 0 bridgehead atoms. The van der Waals surface area contributed by atoms with Gasteiger partial charge in [0.25, 0.3) is 0 Å². The van der Waals surface area contributed by atoms with E-state index in [1.54, 1.807) is 6.92 Å². The summed E-state index contributed by atoms with van der Waals surface area (Å²) in [5, 5.41) is 8.79. The minimum Gasteiger partial charge on any atom is -0.481 e. The molecule has 0 rings (SSSR count). The number of hydrogen-bond donors (Lipinski definition) is 1. The first-order valence-electron chi connectivity index (χ1n) is 9.44. The molecule has 0 saturated heterocycles. The van der Waals surface area contributed by atoms with E-state index in [9.17, 15) is 14.4 Å². The van der Waals surface area contributed by atoms with Crippen LogP contribution in [0.3, 0.4) is 0 Å². The lowest BCUT2D eigenvalue weighted by molar-refractivity contribution is -0.151. The molecule has 24 heavy (non-hydrogen) atoms. The molecule has 0 radical (unpaired) electrons. The first kappa shape index (κ1) is 22.6. The lowest BCUT2D eigenvalue weighted by Crippen LogP contribution is -2.08. The molecule has 0 aliphatic rings. The number of hydrogen-bond acceptors (Lipinski definition) is 4. The van der Waals surface area contributed by atoms with Crippen molar-refractivity contribution in [2.75, 3.05) is 0 Å². The molecule has 0 amide bonds. The zero-order valence-electron chi connectivity index (χ0n) is 15.1. The van der Waals surface area contributed by atoms with Crippen LogP contribution < -0.4 is 0 Å². The summed E-state index contributed by atoms with van der Waals surface area (Å²) < 4.78 is 4.23.